The fourth-order valence-electron chi connectivity index (χ4n) is 2.03. The van der Waals surface area contributed by atoms with Gasteiger partial charge in [-0.25, -0.2) is 0 Å². The molecule has 1 amide bonds. The summed E-state index contributed by atoms with van der Waals surface area (Å²) in [6.07, 6.45) is 0.749. The third kappa shape index (κ3) is 4.50. The van der Waals surface area contributed by atoms with Crippen LogP contribution in [-0.4, -0.2) is 22.4 Å². The highest BCUT2D eigenvalue weighted by Gasteiger charge is 2.19. The van der Waals surface area contributed by atoms with Crippen molar-refractivity contribution in [2.45, 2.75) is 13.3 Å². The maximum Gasteiger partial charge on any atom is 0.296 e. The SMILES string of the molecule is CCCOc1ccc(NC(=O)c2cccc([N+](=O)[O-])c2)c([N+](=O)[O-])c1. The molecule has 0 aromatic heterocycles. The predicted molar refractivity (Wildman–Crippen MR) is 89.9 cm³/mol. The Balaban J connectivity index is 2.26. The van der Waals surface area contributed by atoms with Crippen LogP contribution < -0.4 is 10.1 Å². The Hall–Kier alpha value is -3.49. The number of nitrogens with one attached hydrogen (secondary N) is 1. The molecule has 1 N–H and O–H groups in total. The molecule has 0 radical (unpaired) electrons. The maximum atomic E-state index is 12.2. The normalized spacial score (nSPS) is 10.1. The summed E-state index contributed by atoms with van der Waals surface area (Å²) < 4.78 is 5.34. The highest BCUT2D eigenvalue weighted by molar-refractivity contribution is 6.05. The zero-order valence-corrected chi connectivity index (χ0v) is 13.3. The number of hydrogen-bond donors (Lipinski definition) is 1. The number of benzene rings is 2. The third-order valence-electron chi connectivity index (χ3n) is 3.21. The smallest absolute Gasteiger partial charge is 0.296 e. The highest BCUT2D eigenvalue weighted by Crippen LogP contribution is 2.29. The fraction of sp³-hybridized carbons (Fsp3) is 0.188. The first-order valence-corrected chi connectivity index (χ1v) is 7.39. The van der Waals surface area contributed by atoms with Gasteiger partial charge in [0.25, 0.3) is 17.3 Å². The van der Waals surface area contributed by atoms with Crippen molar-refractivity contribution in [3.8, 4) is 5.75 Å². The van der Waals surface area contributed by atoms with Gasteiger partial charge >= 0.3 is 0 Å². The molecular formula is C16H15N3O6. The van der Waals surface area contributed by atoms with Crippen LogP contribution in [0.25, 0.3) is 0 Å². The molecule has 0 aliphatic rings. The number of amides is 1. The van der Waals surface area contributed by atoms with Crippen LogP contribution in [0.15, 0.2) is 42.5 Å². The molecule has 130 valence electrons. The van der Waals surface area contributed by atoms with Crippen LogP contribution in [0, 0.1) is 20.2 Å². The predicted octanol–water partition coefficient (Wildman–Crippen LogP) is 3.54. The van der Waals surface area contributed by atoms with E-state index in [1.807, 2.05) is 6.92 Å². The highest BCUT2D eigenvalue weighted by atomic mass is 16.6. The summed E-state index contributed by atoms with van der Waals surface area (Å²) in [4.78, 5) is 33.0. The molecule has 0 saturated heterocycles. The molecular weight excluding hydrogens is 330 g/mol. The molecule has 9 heteroatoms. The lowest BCUT2D eigenvalue weighted by molar-refractivity contribution is -0.384. The van der Waals surface area contributed by atoms with Crippen molar-refractivity contribution < 1.29 is 19.4 Å². The Morgan fingerprint density at radius 1 is 1.12 bits per heavy atom. The van der Waals surface area contributed by atoms with Gasteiger partial charge in [0.05, 0.1) is 22.5 Å². The summed E-state index contributed by atoms with van der Waals surface area (Å²) >= 11 is 0. The van der Waals surface area contributed by atoms with E-state index < -0.39 is 15.8 Å². The lowest BCUT2D eigenvalue weighted by atomic mass is 10.1. The Kier molecular flexibility index (Phi) is 5.62. The molecule has 0 bridgehead atoms. The number of ether oxygens (including phenoxy) is 1. The number of rotatable bonds is 7. The molecule has 0 saturated carbocycles. The zero-order chi connectivity index (χ0) is 18.4. The van der Waals surface area contributed by atoms with Gasteiger partial charge in [-0.05, 0) is 24.6 Å². The van der Waals surface area contributed by atoms with Gasteiger partial charge in [0.15, 0.2) is 0 Å². The van der Waals surface area contributed by atoms with E-state index in [0.29, 0.717) is 12.4 Å². The topological polar surface area (TPSA) is 125 Å². The van der Waals surface area contributed by atoms with Gasteiger partial charge in [0.1, 0.15) is 11.4 Å². The van der Waals surface area contributed by atoms with Crippen molar-refractivity contribution in [2.24, 2.45) is 0 Å². The minimum absolute atomic E-state index is 0.0228. The van der Waals surface area contributed by atoms with E-state index >= 15 is 0 Å². The second-order valence-electron chi connectivity index (χ2n) is 5.05. The number of anilines is 1. The van der Waals surface area contributed by atoms with Crippen LogP contribution in [0.4, 0.5) is 17.1 Å². The summed E-state index contributed by atoms with van der Waals surface area (Å²) in [7, 11) is 0. The average Bonchev–Trinajstić information content (AvgIpc) is 2.60. The lowest BCUT2D eigenvalue weighted by Crippen LogP contribution is -2.13. The van der Waals surface area contributed by atoms with Gasteiger partial charge in [-0.2, -0.15) is 0 Å². The van der Waals surface area contributed by atoms with Crippen LogP contribution in [-0.2, 0) is 0 Å². The van der Waals surface area contributed by atoms with Crippen LogP contribution in [0.2, 0.25) is 0 Å². The van der Waals surface area contributed by atoms with Crippen LogP contribution in [0.5, 0.6) is 5.75 Å². The molecule has 0 unspecified atom stereocenters. The summed E-state index contributed by atoms with van der Waals surface area (Å²) in [5, 5.41) is 24.4. The standard InChI is InChI=1S/C16H15N3O6/c1-2-8-25-13-6-7-14(15(10-13)19(23)24)17-16(20)11-4-3-5-12(9-11)18(21)22/h3-7,9-10H,2,8H2,1H3,(H,17,20). The Labute approximate surface area is 142 Å². The quantitative estimate of drug-likeness (QED) is 0.604. The molecule has 0 fully saturated rings. The number of nitro benzene ring substituents is 2. The van der Waals surface area contributed by atoms with E-state index in [4.69, 9.17) is 4.74 Å². The zero-order valence-electron chi connectivity index (χ0n) is 13.3. The molecule has 0 aliphatic carbocycles. The minimum atomic E-state index is -0.686. The van der Waals surface area contributed by atoms with Gasteiger partial charge in [-0.3, -0.25) is 25.0 Å². The largest absolute Gasteiger partial charge is 0.493 e. The number of carbonyl (C=O) groups is 1. The van der Waals surface area contributed by atoms with Crippen molar-refractivity contribution in [1.82, 2.24) is 0 Å². The van der Waals surface area contributed by atoms with Gasteiger partial charge < -0.3 is 10.1 Å². The molecule has 0 atom stereocenters. The van der Waals surface area contributed by atoms with Gasteiger partial charge in [0, 0.05) is 17.7 Å². The van der Waals surface area contributed by atoms with Crippen molar-refractivity contribution in [1.29, 1.82) is 0 Å². The third-order valence-corrected chi connectivity index (χ3v) is 3.21. The lowest BCUT2D eigenvalue weighted by Gasteiger charge is -2.09. The van der Waals surface area contributed by atoms with Crippen LogP contribution in [0.3, 0.4) is 0 Å². The summed E-state index contributed by atoms with van der Waals surface area (Å²) in [6.45, 7) is 2.32. The van der Waals surface area contributed by atoms with Gasteiger partial charge in [-0.15, -0.1) is 0 Å². The van der Waals surface area contributed by atoms with Gasteiger partial charge in [0.2, 0.25) is 0 Å². The molecule has 9 nitrogen and oxygen atoms in total. The fourth-order valence-corrected chi connectivity index (χ4v) is 2.03. The first kappa shape index (κ1) is 17.9. The molecule has 0 aliphatic heterocycles. The molecule has 0 spiro atoms. The van der Waals surface area contributed by atoms with E-state index in [-0.39, 0.29) is 22.6 Å². The number of carbonyl (C=O) groups excluding carboxylic acids is 1. The second kappa shape index (κ2) is 7.86. The molecule has 2 rings (SSSR count). The minimum Gasteiger partial charge on any atom is -0.493 e. The van der Waals surface area contributed by atoms with E-state index in [9.17, 15) is 25.0 Å². The Morgan fingerprint density at radius 2 is 1.88 bits per heavy atom. The number of non-ortho nitro benzene ring substituents is 1. The Bertz CT molecular complexity index is 821. The van der Waals surface area contributed by atoms with E-state index in [0.717, 1.165) is 12.5 Å². The average molecular weight is 345 g/mol. The van der Waals surface area contributed by atoms with Crippen LogP contribution >= 0.6 is 0 Å². The molecule has 2 aromatic rings. The number of hydrogen-bond acceptors (Lipinski definition) is 6. The Morgan fingerprint density at radius 3 is 2.52 bits per heavy atom. The summed E-state index contributed by atoms with van der Waals surface area (Å²) in [6, 6.07) is 9.18. The molecule has 0 heterocycles. The van der Waals surface area contributed by atoms with Crippen molar-refractivity contribution in [3.05, 3.63) is 68.3 Å². The van der Waals surface area contributed by atoms with E-state index in [1.165, 1.54) is 36.4 Å². The molecule has 2 aromatic carbocycles. The maximum absolute atomic E-state index is 12.2. The van der Waals surface area contributed by atoms with Gasteiger partial charge in [-0.1, -0.05) is 13.0 Å². The van der Waals surface area contributed by atoms with Crippen molar-refractivity contribution in [2.75, 3.05) is 11.9 Å². The monoisotopic (exact) mass is 345 g/mol. The first-order chi connectivity index (χ1) is 11.9. The number of nitrogens with zero attached hydrogens (tertiary/aromatic N) is 2. The molecule has 25 heavy (non-hydrogen) atoms. The summed E-state index contributed by atoms with van der Waals surface area (Å²) in [5.41, 5.74) is -0.571. The number of nitro groups is 2. The van der Waals surface area contributed by atoms with E-state index in [2.05, 4.69) is 5.32 Å². The van der Waals surface area contributed by atoms with Crippen LogP contribution in [0.1, 0.15) is 23.7 Å². The van der Waals surface area contributed by atoms with Crippen molar-refractivity contribution in [3.63, 3.8) is 0 Å². The van der Waals surface area contributed by atoms with E-state index in [1.54, 1.807) is 0 Å². The first-order valence-electron chi connectivity index (χ1n) is 7.39. The van der Waals surface area contributed by atoms with Crippen molar-refractivity contribution >= 4 is 23.0 Å². The summed E-state index contributed by atoms with van der Waals surface area (Å²) in [5.74, 6) is -0.365. The second-order valence-corrected chi connectivity index (χ2v) is 5.05.